The maximum Gasteiger partial charge on any atom is 0.268 e. The van der Waals surface area contributed by atoms with Gasteiger partial charge in [0.05, 0.1) is 6.04 Å². The van der Waals surface area contributed by atoms with E-state index in [0.29, 0.717) is 19.4 Å². The van der Waals surface area contributed by atoms with Gasteiger partial charge in [0.1, 0.15) is 18.3 Å². The number of rotatable bonds is 12. The van der Waals surface area contributed by atoms with Gasteiger partial charge in [-0.25, -0.2) is 8.78 Å². The van der Waals surface area contributed by atoms with E-state index in [2.05, 4.69) is 20.9 Å². The Morgan fingerprint density at radius 2 is 1.64 bits per heavy atom. The second kappa shape index (κ2) is 12.2. The van der Waals surface area contributed by atoms with Crippen LogP contribution in [-0.4, -0.2) is 53.7 Å². The molecule has 222 valence electrons. The second-order valence-electron chi connectivity index (χ2n) is 10.6. The molecule has 3 amide bonds. The molecule has 1 saturated heterocycles. The number of carbonyl (C=O) groups excluding carboxylic acids is 4. The van der Waals surface area contributed by atoms with Gasteiger partial charge in [-0.05, 0) is 37.3 Å². The Bertz CT molecular complexity index is 1480. The predicted molar refractivity (Wildman–Crippen MR) is 141 cm³/mol. The highest BCUT2D eigenvalue weighted by atomic mass is 19.2. The van der Waals surface area contributed by atoms with Gasteiger partial charge in [0.25, 0.3) is 5.91 Å². The summed E-state index contributed by atoms with van der Waals surface area (Å²) >= 11 is 0. The molecular weight excluding hydrogens is 560 g/mol. The lowest BCUT2D eigenvalue weighted by Gasteiger charge is -2.24. The van der Waals surface area contributed by atoms with Crippen LogP contribution in [0.2, 0.25) is 0 Å². The summed E-state index contributed by atoms with van der Waals surface area (Å²) in [4.78, 5) is 54.9. The summed E-state index contributed by atoms with van der Waals surface area (Å²) in [6, 6.07) is 6.51. The van der Waals surface area contributed by atoms with Crippen LogP contribution in [0, 0.1) is 35.1 Å². The summed E-state index contributed by atoms with van der Waals surface area (Å²) in [5.41, 5.74) is 0.970. The Labute approximate surface area is 237 Å². The maximum absolute atomic E-state index is 14.1. The van der Waals surface area contributed by atoms with E-state index in [4.69, 9.17) is 4.74 Å². The molecule has 2 fully saturated rings. The number of benzene rings is 2. The highest BCUT2D eigenvalue weighted by Gasteiger charge is 2.36. The third kappa shape index (κ3) is 6.55. The molecule has 0 spiro atoms. The van der Waals surface area contributed by atoms with Crippen LogP contribution in [0.5, 0.6) is 5.75 Å². The lowest BCUT2D eigenvalue weighted by Crippen LogP contribution is -2.53. The Kier molecular flexibility index (Phi) is 8.46. The van der Waals surface area contributed by atoms with E-state index < -0.39 is 71.2 Å². The standard InChI is InChI=1S/C29H28F4N4O5/c30-17-12-18(31)25(33)26(24(17)32)42-13-23(38)20(11-16-7-8-34-27(16)39)36-28(40)21(9-14-5-6-14)37-29(41)22-10-15-3-1-2-4-19(15)35-22/h1-4,10,12,14,16,20-21,35H,5-9,11,13H2,(H,34,39)(H,36,40)(H,37,41)/t16?,20?,21-/m0/s1. The number of ketones is 1. The summed E-state index contributed by atoms with van der Waals surface area (Å²) in [5.74, 6) is -11.4. The fourth-order valence-corrected chi connectivity index (χ4v) is 4.97. The number of fused-ring (bicyclic) bond motifs is 1. The van der Waals surface area contributed by atoms with Gasteiger partial charge in [-0.3, -0.25) is 19.2 Å². The number of carbonyl (C=O) groups is 4. The van der Waals surface area contributed by atoms with Crippen molar-refractivity contribution >= 4 is 34.4 Å². The van der Waals surface area contributed by atoms with E-state index in [9.17, 15) is 36.7 Å². The minimum atomic E-state index is -1.82. The molecule has 0 bridgehead atoms. The summed E-state index contributed by atoms with van der Waals surface area (Å²) in [6.07, 6.45) is 2.25. The van der Waals surface area contributed by atoms with Crippen molar-refractivity contribution in [3.63, 3.8) is 0 Å². The topological polar surface area (TPSA) is 129 Å². The van der Waals surface area contributed by atoms with Crippen molar-refractivity contribution in [1.82, 2.24) is 20.9 Å². The van der Waals surface area contributed by atoms with E-state index in [1.54, 1.807) is 12.1 Å². The molecule has 1 saturated carbocycles. The minimum absolute atomic E-state index is 0.00517. The van der Waals surface area contributed by atoms with Crippen molar-refractivity contribution < 1.29 is 41.5 Å². The predicted octanol–water partition coefficient (Wildman–Crippen LogP) is 3.28. The Hall–Kier alpha value is -4.42. The van der Waals surface area contributed by atoms with E-state index in [-0.39, 0.29) is 30.0 Å². The first kappa shape index (κ1) is 29.1. The lowest BCUT2D eigenvalue weighted by atomic mass is 9.95. The van der Waals surface area contributed by atoms with Gasteiger partial charge in [0.2, 0.25) is 23.4 Å². The third-order valence-corrected chi connectivity index (χ3v) is 7.48. The number of halogens is 4. The number of para-hydroxylation sites is 1. The highest BCUT2D eigenvalue weighted by molar-refractivity contribution is 6.01. The summed E-state index contributed by atoms with van der Waals surface area (Å²) < 4.78 is 60.1. The van der Waals surface area contributed by atoms with Gasteiger partial charge < -0.3 is 25.7 Å². The smallest absolute Gasteiger partial charge is 0.268 e. The molecule has 2 aromatic carbocycles. The van der Waals surface area contributed by atoms with Gasteiger partial charge in [0, 0.05) is 29.4 Å². The third-order valence-electron chi connectivity index (χ3n) is 7.48. The van der Waals surface area contributed by atoms with Crippen molar-refractivity contribution in [2.45, 2.75) is 44.2 Å². The molecule has 2 heterocycles. The van der Waals surface area contributed by atoms with Crippen molar-refractivity contribution in [2.75, 3.05) is 13.2 Å². The van der Waals surface area contributed by atoms with Gasteiger partial charge in [0.15, 0.2) is 23.2 Å². The van der Waals surface area contributed by atoms with Crippen molar-refractivity contribution in [2.24, 2.45) is 11.8 Å². The molecule has 4 N–H and O–H groups in total. The zero-order chi connectivity index (χ0) is 30.0. The number of Topliss-reactive ketones (excluding diaryl/α,β-unsaturated/α-hetero) is 1. The average Bonchev–Trinajstić information content (AvgIpc) is 3.52. The molecule has 2 aliphatic rings. The fourth-order valence-electron chi connectivity index (χ4n) is 4.97. The second-order valence-corrected chi connectivity index (χ2v) is 10.6. The van der Waals surface area contributed by atoms with Gasteiger partial charge >= 0.3 is 0 Å². The number of aromatic nitrogens is 1. The first-order chi connectivity index (χ1) is 20.1. The maximum atomic E-state index is 14.1. The number of hydrogen-bond donors (Lipinski definition) is 4. The molecule has 9 nitrogen and oxygen atoms in total. The number of ether oxygens (including phenoxy) is 1. The quantitative estimate of drug-likeness (QED) is 0.191. The van der Waals surface area contributed by atoms with E-state index >= 15 is 0 Å². The zero-order valence-electron chi connectivity index (χ0n) is 22.3. The molecule has 3 atom stereocenters. The average molecular weight is 589 g/mol. The molecule has 1 aromatic heterocycles. The Morgan fingerprint density at radius 3 is 2.29 bits per heavy atom. The highest BCUT2D eigenvalue weighted by Crippen LogP contribution is 2.34. The number of amides is 3. The Balaban J connectivity index is 1.31. The molecule has 5 rings (SSSR count). The normalized spacial score (nSPS) is 17.9. The van der Waals surface area contributed by atoms with Crippen LogP contribution in [0.15, 0.2) is 36.4 Å². The van der Waals surface area contributed by atoms with Crippen LogP contribution in [0.1, 0.15) is 42.6 Å². The largest absolute Gasteiger partial charge is 0.479 e. The van der Waals surface area contributed by atoms with Crippen LogP contribution in [0.4, 0.5) is 17.6 Å². The van der Waals surface area contributed by atoms with Gasteiger partial charge in [-0.15, -0.1) is 0 Å². The molecular formula is C29H28F4N4O5. The molecule has 13 heteroatoms. The summed E-state index contributed by atoms with van der Waals surface area (Å²) in [7, 11) is 0. The van der Waals surface area contributed by atoms with E-state index in [0.717, 1.165) is 23.7 Å². The van der Waals surface area contributed by atoms with E-state index in [1.165, 1.54) is 0 Å². The molecule has 3 aromatic rings. The van der Waals surface area contributed by atoms with Crippen molar-refractivity contribution in [1.29, 1.82) is 0 Å². The zero-order valence-corrected chi connectivity index (χ0v) is 22.3. The molecule has 2 unspecified atom stereocenters. The summed E-state index contributed by atoms with van der Waals surface area (Å²) in [6.45, 7) is -0.691. The molecule has 1 aliphatic carbocycles. The molecule has 0 radical (unpaired) electrons. The van der Waals surface area contributed by atoms with Gasteiger partial charge in [-0.2, -0.15) is 8.78 Å². The molecule has 1 aliphatic heterocycles. The van der Waals surface area contributed by atoms with Gasteiger partial charge in [-0.1, -0.05) is 31.0 Å². The fraction of sp³-hybridized carbons (Fsp3) is 0.379. The van der Waals surface area contributed by atoms with Crippen LogP contribution >= 0.6 is 0 Å². The first-order valence-electron chi connectivity index (χ1n) is 13.6. The van der Waals surface area contributed by atoms with Crippen LogP contribution < -0.4 is 20.7 Å². The van der Waals surface area contributed by atoms with Crippen LogP contribution in [-0.2, 0) is 14.4 Å². The monoisotopic (exact) mass is 588 g/mol. The number of nitrogens with one attached hydrogen (secondary N) is 4. The molecule has 42 heavy (non-hydrogen) atoms. The van der Waals surface area contributed by atoms with E-state index in [1.807, 2.05) is 18.2 Å². The lowest BCUT2D eigenvalue weighted by molar-refractivity contribution is -0.131. The van der Waals surface area contributed by atoms with Crippen LogP contribution in [0.25, 0.3) is 10.9 Å². The summed E-state index contributed by atoms with van der Waals surface area (Å²) in [5, 5.41) is 8.70. The Morgan fingerprint density at radius 1 is 0.929 bits per heavy atom. The van der Waals surface area contributed by atoms with Crippen LogP contribution in [0.3, 0.4) is 0 Å². The number of H-pyrrole nitrogens is 1. The van der Waals surface area contributed by atoms with Crippen molar-refractivity contribution in [3.8, 4) is 5.75 Å². The van der Waals surface area contributed by atoms with Crippen molar-refractivity contribution in [3.05, 3.63) is 65.4 Å². The SMILES string of the molecule is O=C(N[C@@H](CC1CC1)C(=O)NC(CC1CCNC1=O)C(=O)COc1c(F)c(F)cc(F)c1F)c1cc2ccccc2[nH]1. The number of aromatic amines is 1. The number of hydrogen-bond acceptors (Lipinski definition) is 5. The minimum Gasteiger partial charge on any atom is -0.479 e. The first-order valence-corrected chi connectivity index (χ1v) is 13.6.